The highest BCUT2D eigenvalue weighted by atomic mass is 19.4. The SMILES string of the molecule is C=C(C(C)C)N(C)c1cc(C2=C(CN3C(=C)CC(c4cc(C(F)(F)F)cc(C(F)(F)F)c4)C3C)CC(C)(C)CC2)c(CC)cc1C(F)(F)F. The zero-order valence-corrected chi connectivity index (χ0v) is 29.1. The maximum Gasteiger partial charge on any atom is 0.418 e. The van der Waals surface area contributed by atoms with Gasteiger partial charge in [-0.15, -0.1) is 0 Å². The van der Waals surface area contributed by atoms with Gasteiger partial charge in [-0.3, -0.25) is 0 Å². The van der Waals surface area contributed by atoms with E-state index in [1.807, 2.05) is 25.7 Å². The number of benzene rings is 2. The summed E-state index contributed by atoms with van der Waals surface area (Å²) in [6.45, 7) is 20.0. The fourth-order valence-electron chi connectivity index (χ4n) is 7.24. The summed E-state index contributed by atoms with van der Waals surface area (Å²) < 4.78 is 126. The first-order valence-corrected chi connectivity index (χ1v) is 16.5. The molecule has 0 aromatic heterocycles. The fourth-order valence-corrected chi connectivity index (χ4v) is 7.24. The summed E-state index contributed by atoms with van der Waals surface area (Å²) in [5.41, 5.74) is 0.561. The smallest absolute Gasteiger partial charge is 0.368 e. The summed E-state index contributed by atoms with van der Waals surface area (Å²) in [4.78, 5) is 3.42. The van der Waals surface area contributed by atoms with Gasteiger partial charge in [-0.25, -0.2) is 0 Å². The summed E-state index contributed by atoms with van der Waals surface area (Å²) in [6, 6.07) is 4.05. The van der Waals surface area contributed by atoms with Gasteiger partial charge in [0.1, 0.15) is 0 Å². The Morgan fingerprint density at radius 1 is 0.939 bits per heavy atom. The first-order valence-electron chi connectivity index (χ1n) is 16.5. The number of anilines is 1. The van der Waals surface area contributed by atoms with Crippen molar-refractivity contribution in [2.45, 2.75) is 104 Å². The Hall–Kier alpha value is -3.37. The second kappa shape index (κ2) is 13.4. The predicted octanol–water partition coefficient (Wildman–Crippen LogP) is 12.3. The molecule has 0 radical (unpaired) electrons. The van der Waals surface area contributed by atoms with Gasteiger partial charge in [0.25, 0.3) is 0 Å². The van der Waals surface area contributed by atoms with Gasteiger partial charge >= 0.3 is 18.5 Å². The van der Waals surface area contributed by atoms with Crippen LogP contribution in [0.1, 0.15) is 107 Å². The molecular formula is C38H45F9N2. The van der Waals surface area contributed by atoms with Gasteiger partial charge in [-0.05, 0) is 109 Å². The third kappa shape index (κ3) is 8.17. The molecule has 2 aromatic carbocycles. The maximum atomic E-state index is 14.4. The third-order valence-electron chi connectivity index (χ3n) is 10.2. The number of hydrogen-bond acceptors (Lipinski definition) is 2. The molecule has 2 nitrogen and oxygen atoms in total. The zero-order valence-electron chi connectivity index (χ0n) is 29.1. The maximum absolute atomic E-state index is 14.4. The average molecular weight is 701 g/mol. The molecule has 1 saturated heterocycles. The van der Waals surface area contributed by atoms with E-state index in [0.717, 1.165) is 29.7 Å². The van der Waals surface area contributed by atoms with Gasteiger partial charge in [-0.1, -0.05) is 47.8 Å². The summed E-state index contributed by atoms with van der Waals surface area (Å²) in [6.07, 6.45) is -12.0. The molecule has 1 heterocycles. The number of allylic oxidation sites excluding steroid dienone is 3. The Labute approximate surface area is 283 Å². The number of aryl methyl sites for hydroxylation is 1. The van der Waals surface area contributed by atoms with Gasteiger partial charge < -0.3 is 9.80 Å². The largest absolute Gasteiger partial charge is 0.418 e. The molecular weight excluding hydrogens is 655 g/mol. The van der Waals surface area contributed by atoms with Crippen LogP contribution in [0, 0.1) is 11.3 Å². The third-order valence-corrected chi connectivity index (χ3v) is 10.2. The van der Waals surface area contributed by atoms with Crippen molar-refractivity contribution in [1.29, 1.82) is 0 Å². The van der Waals surface area contributed by atoms with Gasteiger partial charge in [0.15, 0.2) is 0 Å². The molecule has 11 heteroatoms. The normalized spacial score (nSPS) is 20.4. The second-order valence-electron chi connectivity index (χ2n) is 14.6. The molecule has 4 rings (SSSR count). The van der Waals surface area contributed by atoms with Crippen molar-refractivity contribution >= 4 is 11.3 Å². The Morgan fingerprint density at radius 2 is 1.51 bits per heavy atom. The van der Waals surface area contributed by atoms with Crippen LogP contribution < -0.4 is 4.90 Å². The van der Waals surface area contributed by atoms with Crippen molar-refractivity contribution < 1.29 is 39.5 Å². The lowest BCUT2D eigenvalue weighted by molar-refractivity contribution is -0.143. The Balaban J connectivity index is 1.84. The molecule has 2 aliphatic rings. The quantitative estimate of drug-likeness (QED) is 0.253. The van der Waals surface area contributed by atoms with Crippen molar-refractivity contribution in [3.63, 3.8) is 0 Å². The highest BCUT2D eigenvalue weighted by Crippen LogP contribution is 2.49. The van der Waals surface area contributed by atoms with Gasteiger partial charge in [-0.2, -0.15) is 39.5 Å². The number of likely N-dealkylation sites (tertiary alicyclic amines) is 1. The summed E-state index contributed by atoms with van der Waals surface area (Å²) in [5.74, 6) is -0.790. The first-order chi connectivity index (χ1) is 22.4. The molecule has 1 aliphatic carbocycles. The highest BCUT2D eigenvalue weighted by Gasteiger charge is 2.42. The van der Waals surface area contributed by atoms with Crippen LogP contribution in [-0.2, 0) is 24.9 Å². The topological polar surface area (TPSA) is 6.48 Å². The summed E-state index contributed by atoms with van der Waals surface area (Å²) >= 11 is 0. The van der Waals surface area contributed by atoms with Crippen molar-refractivity contribution in [3.8, 4) is 0 Å². The molecule has 49 heavy (non-hydrogen) atoms. The van der Waals surface area contributed by atoms with Crippen molar-refractivity contribution in [2.75, 3.05) is 18.5 Å². The Morgan fingerprint density at radius 3 is 2.00 bits per heavy atom. The summed E-state index contributed by atoms with van der Waals surface area (Å²) in [7, 11) is 1.58. The van der Waals surface area contributed by atoms with Crippen LogP contribution in [0.15, 0.2) is 60.5 Å². The van der Waals surface area contributed by atoms with E-state index in [0.29, 0.717) is 48.3 Å². The van der Waals surface area contributed by atoms with E-state index in [1.54, 1.807) is 20.0 Å². The van der Waals surface area contributed by atoms with Crippen molar-refractivity contribution in [1.82, 2.24) is 4.90 Å². The first kappa shape index (κ1) is 38.4. The van der Waals surface area contributed by atoms with E-state index in [4.69, 9.17) is 0 Å². The summed E-state index contributed by atoms with van der Waals surface area (Å²) in [5, 5.41) is 0. The van der Waals surface area contributed by atoms with Crippen molar-refractivity contribution in [3.05, 3.63) is 93.8 Å². The molecule has 0 saturated carbocycles. The van der Waals surface area contributed by atoms with Crippen LogP contribution in [0.25, 0.3) is 5.57 Å². The minimum Gasteiger partial charge on any atom is -0.368 e. The molecule has 0 bridgehead atoms. The van der Waals surface area contributed by atoms with Gasteiger partial charge in [0.2, 0.25) is 0 Å². The molecule has 1 aliphatic heterocycles. The molecule has 270 valence electrons. The molecule has 2 unspecified atom stereocenters. The number of hydrogen-bond donors (Lipinski definition) is 0. The fraction of sp³-hybridized carbons (Fsp3) is 0.526. The van der Waals surface area contributed by atoms with E-state index >= 15 is 0 Å². The number of rotatable bonds is 8. The molecule has 2 atom stereocenters. The number of halogens is 9. The standard InChI is InChI=1S/C38H45F9N2/c1-10-25-16-33(38(45,46)47)34(48(9)23(5)21(2)3)18-32(25)30-11-12-35(7,8)19-27(30)20-49-22(4)13-31(24(49)6)26-14-28(36(39,40)41)17-29(15-26)37(42,43)44/h14-18,21,24,31H,4-5,10-13,19-20H2,1-3,6-9H3. The second-order valence-corrected chi connectivity index (χ2v) is 14.6. The monoisotopic (exact) mass is 700 g/mol. The molecule has 0 N–H and O–H groups in total. The van der Waals surface area contributed by atoms with Crippen LogP contribution >= 0.6 is 0 Å². The van der Waals surface area contributed by atoms with Crippen molar-refractivity contribution in [2.24, 2.45) is 11.3 Å². The van der Waals surface area contributed by atoms with E-state index in [1.165, 1.54) is 11.0 Å². The van der Waals surface area contributed by atoms with Crippen LogP contribution in [0.5, 0.6) is 0 Å². The van der Waals surface area contributed by atoms with E-state index in [2.05, 4.69) is 27.0 Å². The van der Waals surface area contributed by atoms with Crippen LogP contribution in [0.4, 0.5) is 45.2 Å². The predicted molar refractivity (Wildman–Crippen MR) is 177 cm³/mol. The van der Waals surface area contributed by atoms with E-state index in [-0.39, 0.29) is 35.1 Å². The van der Waals surface area contributed by atoms with Crippen LogP contribution in [0.2, 0.25) is 0 Å². The molecule has 1 fully saturated rings. The molecule has 0 amide bonds. The zero-order chi connectivity index (χ0) is 37.0. The van der Waals surface area contributed by atoms with E-state index < -0.39 is 47.2 Å². The highest BCUT2D eigenvalue weighted by molar-refractivity contribution is 5.77. The van der Waals surface area contributed by atoms with Crippen LogP contribution in [-0.4, -0.2) is 24.5 Å². The van der Waals surface area contributed by atoms with Gasteiger partial charge in [0, 0.05) is 36.9 Å². The Bertz CT molecular complexity index is 1590. The number of alkyl halides is 9. The minimum atomic E-state index is -4.96. The number of nitrogens with zero attached hydrogens (tertiary/aromatic N) is 2. The minimum absolute atomic E-state index is 0.000821. The molecule has 0 spiro atoms. The molecule has 2 aromatic rings. The Kier molecular flexibility index (Phi) is 10.5. The lowest BCUT2D eigenvalue weighted by Gasteiger charge is -2.38. The average Bonchev–Trinajstić information content (AvgIpc) is 3.26. The van der Waals surface area contributed by atoms with Crippen LogP contribution in [0.3, 0.4) is 0 Å². The van der Waals surface area contributed by atoms with E-state index in [9.17, 15) is 39.5 Å². The lowest BCUT2D eigenvalue weighted by atomic mass is 9.72. The van der Waals surface area contributed by atoms with Gasteiger partial charge in [0.05, 0.1) is 22.4 Å². The lowest BCUT2D eigenvalue weighted by Crippen LogP contribution is -2.33.